The Balaban J connectivity index is 1.75. The standard InChI is InChI=1S/C16H21ClN2O3/c1-2-19(10-16(21)22)14-8-13(9-14)18-15(20)7-11-4-3-5-12(17)6-11/h3-6,13-14H,2,7-10H2,1H3,(H,18,20)(H,21,22). The van der Waals surface area contributed by atoms with Crippen LogP contribution in [0.15, 0.2) is 24.3 Å². The minimum atomic E-state index is -0.810. The van der Waals surface area contributed by atoms with Crippen LogP contribution >= 0.6 is 11.6 Å². The highest BCUT2D eigenvalue weighted by Gasteiger charge is 2.34. The van der Waals surface area contributed by atoms with E-state index in [0.29, 0.717) is 18.0 Å². The van der Waals surface area contributed by atoms with Crippen LogP contribution in [0.25, 0.3) is 0 Å². The predicted octanol–water partition coefficient (Wildman–Crippen LogP) is 1.94. The Kier molecular flexibility index (Phi) is 5.80. The van der Waals surface area contributed by atoms with Crippen LogP contribution in [0.1, 0.15) is 25.3 Å². The highest BCUT2D eigenvalue weighted by molar-refractivity contribution is 6.30. The lowest BCUT2D eigenvalue weighted by Gasteiger charge is -2.42. The summed E-state index contributed by atoms with van der Waals surface area (Å²) in [7, 11) is 0. The van der Waals surface area contributed by atoms with Gasteiger partial charge in [0.1, 0.15) is 0 Å². The lowest BCUT2D eigenvalue weighted by atomic mass is 9.85. The zero-order chi connectivity index (χ0) is 16.1. The number of amides is 1. The minimum absolute atomic E-state index is 0.0213. The van der Waals surface area contributed by atoms with E-state index in [1.807, 2.05) is 24.0 Å². The monoisotopic (exact) mass is 324 g/mol. The maximum atomic E-state index is 12.0. The average molecular weight is 325 g/mol. The summed E-state index contributed by atoms with van der Waals surface area (Å²) < 4.78 is 0. The molecule has 0 unspecified atom stereocenters. The summed E-state index contributed by atoms with van der Waals surface area (Å²) in [5.74, 6) is -0.831. The van der Waals surface area contributed by atoms with E-state index in [0.717, 1.165) is 18.4 Å². The molecule has 120 valence electrons. The third-order valence-corrected chi connectivity index (χ3v) is 4.23. The molecule has 1 aromatic rings. The van der Waals surface area contributed by atoms with Crippen molar-refractivity contribution in [3.8, 4) is 0 Å². The first-order chi connectivity index (χ1) is 10.5. The molecule has 0 saturated heterocycles. The van der Waals surface area contributed by atoms with E-state index < -0.39 is 5.97 Å². The van der Waals surface area contributed by atoms with Crippen LogP contribution in [0.5, 0.6) is 0 Å². The summed E-state index contributed by atoms with van der Waals surface area (Å²) in [6, 6.07) is 7.66. The molecule has 0 bridgehead atoms. The van der Waals surface area contributed by atoms with Crippen molar-refractivity contribution in [3.05, 3.63) is 34.9 Å². The Morgan fingerprint density at radius 1 is 1.41 bits per heavy atom. The van der Waals surface area contributed by atoms with Gasteiger partial charge >= 0.3 is 5.97 Å². The number of halogens is 1. The van der Waals surface area contributed by atoms with E-state index >= 15 is 0 Å². The highest BCUT2D eigenvalue weighted by Crippen LogP contribution is 2.25. The van der Waals surface area contributed by atoms with Gasteiger partial charge in [0, 0.05) is 17.1 Å². The zero-order valence-corrected chi connectivity index (χ0v) is 13.3. The fourth-order valence-corrected chi connectivity index (χ4v) is 3.00. The molecule has 6 heteroatoms. The van der Waals surface area contributed by atoms with Gasteiger partial charge in [0.25, 0.3) is 0 Å². The number of nitrogens with zero attached hydrogens (tertiary/aromatic N) is 1. The number of hydrogen-bond donors (Lipinski definition) is 2. The van der Waals surface area contributed by atoms with E-state index in [9.17, 15) is 9.59 Å². The van der Waals surface area contributed by atoms with Crippen molar-refractivity contribution >= 4 is 23.5 Å². The SMILES string of the molecule is CCN(CC(=O)O)C1CC(NC(=O)Cc2cccc(Cl)c2)C1. The molecule has 1 aliphatic carbocycles. The van der Waals surface area contributed by atoms with E-state index in [-0.39, 0.29) is 24.5 Å². The third-order valence-electron chi connectivity index (χ3n) is 3.99. The molecule has 0 heterocycles. The molecule has 1 aliphatic rings. The first kappa shape index (κ1) is 16.8. The first-order valence-electron chi connectivity index (χ1n) is 7.47. The Bertz CT molecular complexity index is 544. The molecule has 2 rings (SSSR count). The number of rotatable bonds is 7. The van der Waals surface area contributed by atoms with E-state index in [2.05, 4.69) is 5.32 Å². The van der Waals surface area contributed by atoms with Gasteiger partial charge in [-0.15, -0.1) is 0 Å². The fraction of sp³-hybridized carbons (Fsp3) is 0.500. The quantitative estimate of drug-likeness (QED) is 0.804. The van der Waals surface area contributed by atoms with Crippen molar-refractivity contribution < 1.29 is 14.7 Å². The lowest BCUT2D eigenvalue weighted by molar-refractivity contribution is -0.139. The molecular weight excluding hydrogens is 304 g/mol. The molecule has 2 N–H and O–H groups in total. The van der Waals surface area contributed by atoms with E-state index in [1.54, 1.807) is 12.1 Å². The van der Waals surface area contributed by atoms with Crippen molar-refractivity contribution in [1.29, 1.82) is 0 Å². The maximum absolute atomic E-state index is 12.0. The molecule has 1 amide bonds. The van der Waals surface area contributed by atoms with Crippen LogP contribution in [0.3, 0.4) is 0 Å². The number of nitrogens with one attached hydrogen (secondary N) is 1. The van der Waals surface area contributed by atoms with Gasteiger partial charge in [-0.3, -0.25) is 14.5 Å². The van der Waals surface area contributed by atoms with Gasteiger partial charge in [0.2, 0.25) is 5.91 Å². The zero-order valence-electron chi connectivity index (χ0n) is 12.6. The Labute approximate surface area is 135 Å². The largest absolute Gasteiger partial charge is 0.480 e. The number of carbonyl (C=O) groups is 2. The summed E-state index contributed by atoms with van der Waals surface area (Å²) >= 11 is 5.90. The van der Waals surface area contributed by atoms with Crippen molar-refractivity contribution in [2.75, 3.05) is 13.1 Å². The molecule has 22 heavy (non-hydrogen) atoms. The minimum Gasteiger partial charge on any atom is -0.480 e. The van der Waals surface area contributed by atoms with Gasteiger partial charge in [-0.05, 0) is 37.1 Å². The predicted molar refractivity (Wildman–Crippen MR) is 85.0 cm³/mol. The number of carboxylic acid groups (broad SMARTS) is 1. The number of carbonyl (C=O) groups excluding carboxylic acids is 1. The Hall–Kier alpha value is -1.59. The van der Waals surface area contributed by atoms with Gasteiger partial charge < -0.3 is 10.4 Å². The summed E-state index contributed by atoms with van der Waals surface area (Å²) in [4.78, 5) is 24.7. The van der Waals surface area contributed by atoms with Crippen LogP contribution in [0.4, 0.5) is 0 Å². The Morgan fingerprint density at radius 3 is 2.73 bits per heavy atom. The number of hydrogen-bond acceptors (Lipinski definition) is 3. The fourth-order valence-electron chi connectivity index (χ4n) is 2.79. The third kappa shape index (κ3) is 4.71. The first-order valence-corrected chi connectivity index (χ1v) is 7.85. The molecule has 1 saturated carbocycles. The molecule has 5 nitrogen and oxygen atoms in total. The molecule has 1 aromatic carbocycles. The van der Waals surface area contributed by atoms with Crippen LogP contribution in [-0.2, 0) is 16.0 Å². The summed E-state index contributed by atoms with van der Waals surface area (Å²) in [6.07, 6.45) is 1.93. The molecule has 0 spiro atoms. The van der Waals surface area contributed by atoms with Crippen molar-refractivity contribution in [1.82, 2.24) is 10.2 Å². The molecule has 0 aromatic heterocycles. The molecule has 0 radical (unpaired) electrons. The van der Waals surface area contributed by atoms with Crippen LogP contribution in [0.2, 0.25) is 5.02 Å². The molecule has 1 fully saturated rings. The van der Waals surface area contributed by atoms with Gasteiger partial charge in [-0.25, -0.2) is 0 Å². The smallest absolute Gasteiger partial charge is 0.317 e. The second kappa shape index (κ2) is 7.61. The second-order valence-electron chi connectivity index (χ2n) is 5.65. The van der Waals surface area contributed by atoms with Gasteiger partial charge in [-0.1, -0.05) is 30.7 Å². The second-order valence-corrected chi connectivity index (χ2v) is 6.09. The number of carboxylic acids is 1. The van der Waals surface area contributed by atoms with E-state index in [4.69, 9.17) is 16.7 Å². The summed E-state index contributed by atoms with van der Waals surface area (Å²) in [5, 5.41) is 12.5. The molecule has 0 aliphatic heterocycles. The number of benzene rings is 1. The average Bonchev–Trinajstić information content (AvgIpc) is 2.40. The van der Waals surface area contributed by atoms with Gasteiger partial charge in [0.15, 0.2) is 0 Å². The number of likely N-dealkylation sites (N-methyl/N-ethyl adjacent to an activating group) is 1. The topological polar surface area (TPSA) is 69.6 Å². The van der Waals surface area contributed by atoms with Gasteiger partial charge in [0.05, 0.1) is 13.0 Å². The Morgan fingerprint density at radius 2 is 2.14 bits per heavy atom. The van der Waals surface area contributed by atoms with Crippen molar-refractivity contribution in [2.45, 2.75) is 38.3 Å². The van der Waals surface area contributed by atoms with Crippen molar-refractivity contribution in [3.63, 3.8) is 0 Å². The maximum Gasteiger partial charge on any atom is 0.317 e. The lowest BCUT2D eigenvalue weighted by Crippen LogP contribution is -2.55. The summed E-state index contributed by atoms with van der Waals surface area (Å²) in [5.41, 5.74) is 0.891. The summed E-state index contributed by atoms with van der Waals surface area (Å²) in [6.45, 7) is 2.72. The van der Waals surface area contributed by atoms with Crippen LogP contribution in [-0.4, -0.2) is 47.1 Å². The van der Waals surface area contributed by atoms with E-state index in [1.165, 1.54) is 0 Å². The van der Waals surface area contributed by atoms with Crippen LogP contribution in [0, 0.1) is 0 Å². The normalized spacial score (nSPS) is 20.5. The molecule has 0 atom stereocenters. The number of aliphatic carboxylic acids is 1. The van der Waals surface area contributed by atoms with Crippen molar-refractivity contribution in [2.24, 2.45) is 0 Å². The molecular formula is C16H21ClN2O3. The van der Waals surface area contributed by atoms with Gasteiger partial charge in [-0.2, -0.15) is 0 Å². The highest BCUT2D eigenvalue weighted by atomic mass is 35.5. The van der Waals surface area contributed by atoms with Crippen LogP contribution < -0.4 is 5.32 Å².